The third-order valence-corrected chi connectivity index (χ3v) is 4.83. The minimum Gasteiger partial charge on any atom is -0.339 e. The lowest BCUT2D eigenvalue weighted by atomic mass is 10.0. The maximum Gasteiger partial charge on any atom is 0.253 e. The van der Waals surface area contributed by atoms with E-state index in [2.05, 4.69) is 29.8 Å². The molecule has 1 aliphatic heterocycles. The second-order valence-electron chi connectivity index (χ2n) is 5.64. The zero-order chi connectivity index (χ0) is 16.1. The highest BCUT2D eigenvalue weighted by Gasteiger charge is 2.27. The van der Waals surface area contributed by atoms with E-state index in [1.54, 1.807) is 0 Å². The number of hydrogen-bond acceptors (Lipinski definition) is 2. The summed E-state index contributed by atoms with van der Waals surface area (Å²) in [7, 11) is 0. The Morgan fingerprint density at radius 1 is 1.00 bits per heavy atom. The number of halogens is 1. The number of carbonyl (C=O) groups excluding carboxylic acids is 2. The van der Waals surface area contributed by atoms with E-state index in [4.69, 9.17) is 0 Å². The molecule has 1 heterocycles. The van der Waals surface area contributed by atoms with Gasteiger partial charge in [-0.1, -0.05) is 29.8 Å². The molecule has 1 fully saturated rings. The lowest BCUT2D eigenvalue weighted by molar-refractivity contribution is -0.137. The van der Waals surface area contributed by atoms with Crippen molar-refractivity contribution in [2.75, 3.05) is 26.2 Å². The molecular formula is C17H23BrN2O2. The fourth-order valence-corrected chi connectivity index (χ4v) is 3.07. The first-order valence-corrected chi connectivity index (χ1v) is 8.69. The van der Waals surface area contributed by atoms with E-state index in [0.29, 0.717) is 31.7 Å². The lowest BCUT2D eigenvalue weighted by Crippen LogP contribution is -2.51. The first-order valence-electron chi connectivity index (χ1n) is 7.90. The number of benzene rings is 1. The fraction of sp³-hybridized carbons (Fsp3) is 0.529. The molecule has 0 N–H and O–H groups in total. The highest BCUT2D eigenvalue weighted by Crippen LogP contribution is 2.16. The molecule has 0 bridgehead atoms. The van der Waals surface area contributed by atoms with E-state index in [1.165, 1.54) is 0 Å². The van der Waals surface area contributed by atoms with Gasteiger partial charge in [-0.3, -0.25) is 9.59 Å². The zero-order valence-corrected chi connectivity index (χ0v) is 14.8. The van der Waals surface area contributed by atoms with Gasteiger partial charge in [-0.05, 0) is 37.1 Å². The third-order valence-electron chi connectivity index (χ3n) is 4.30. The van der Waals surface area contributed by atoms with Crippen molar-refractivity contribution in [2.45, 2.75) is 26.7 Å². The van der Waals surface area contributed by atoms with Gasteiger partial charge in [-0.15, -0.1) is 0 Å². The van der Waals surface area contributed by atoms with Gasteiger partial charge in [-0.2, -0.15) is 0 Å². The molecule has 0 radical (unpaired) electrons. The molecule has 22 heavy (non-hydrogen) atoms. The van der Waals surface area contributed by atoms with Gasteiger partial charge in [0, 0.05) is 42.1 Å². The van der Waals surface area contributed by atoms with Crippen LogP contribution in [0, 0.1) is 5.92 Å². The maximum atomic E-state index is 12.4. The molecule has 0 saturated carbocycles. The van der Waals surface area contributed by atoms with Gasteiger partial charge >= 0.3 is 0 Å². The normalized spacial score (nSPS) is 15.3. The van der Waals surface area contributed by atoms with Gasteiger partial charge in [0.15, 0.2) is 0 Å². The smallest absolute Gasteiger partial charge is 0.253 e. The van der Waals surface area contributed by atoms with Crippen LogP contribution in [0.2, 0.25) is 0 Å². The van der Waals surface area contributed by atoms with Crippen LogP contribution in [-0.4, -0.2) is 47.8 Å². The van der Waals surface area contributed by atoms with Crippen molar-refractivity contribution in [2.24, 2.45) is 5.92 Å². The summed E-state index contributed by atoms with van der Waals surface area (Å²) in [5.41, 5.74) is 0.697. The average molecular weight is 367 g/mol. The molecule has 0 spiro atoms. The molecule has 1 aliphatic rings. The minimum absolute atomic E-state index is 0.0436. The van der Waals surface area contributed by atoms with Crippen LogP contribution in [-0.2, 0) is 4.79 Å². The van der Waals surface area contributed by atoms with Crippen molar-refractivity contribution in [1.29, 1.82) is 0 Å². The molecule has 2 amide bonds. The SMILES string of the molecule is CCC(CC)C(=O)N1CCN(C(=O)c2ccc(Br)cc2)CC1. The molecule has 1 saturated heterocycles. The zero-order valence-electron chi connectivity index (χ0n) is 13.2. The average Bonchev–Trinajstić information content (AvgIpc) is 2.56. The van der Waals surface area contributed by atoms with Crippen molar-refractivity contribution >= 4 is 27.7 Å². The molecule has 5 heteroatoms. The van der Waals surface area contributed by atoms with Crippen LogP contribution in [0.15, 0.2) is 28.7 Å². The summed E-state index contributed by atoms with van der Waals surface area (Å²) in [4.78, 5) is 28.5. The number of piperazine rings is 1. The van der Waals surface area contributed by atoms with Crippen molar-refractivity contribution in [3.05, 3.63) is 34.3 Å². The molecule has 0 unspecified atom stereocenters. The van der Waals surface area contributed by atoms with E-state index in [-0.39, 0.29) is 17.7 Å². The van der Waals surface area contributed by atoms with E-state index >= 15 is 0 Å². The monoisotopic (exact) mass is 366 g/mol. The maximum absolute atomic E-state index is 12.4. The van der Waals surface area contributed by atoms with Gasteiger partial charge in [0.2, 0.25) is 5.91 Å². The third kappa shape index (κ3) is 3.88. The summed E-state index contributed by atoms with van der Waals surface area (Å²) in [5, 5.41) is 0. The molecule has 1 aromatic rings. The quantitative estimate of drug-likeness (QED) is 0.820. The Kier molecular flexibility index (Phi) is 6.00. The van der Waals surface area contributed by atoms with Crippen molar-refractivity contribution in [3.8, 4) is 0 Å². The Bertz CT molecular complexity index is 518. The predicted molar refractivity (Wildman–Crippen MR) is 90.7 cm³/mol. The van der Waals surface area contributed by atoms with Crippen LogP contribution in [0.3, 0.4) is 0 Å². The van der Waals surface area contributed by atoms with Crippen molar-refractivity contribution < 1.29 is 9.59 Å². The number of nitrogens with zero attached hydrogens (tertiary/aromatic N) is 2. The number of carbonyl (C=O) groups is 2. The van der Waals surface area contributed by atoms with E-state index in [0.717, 1.165) is 17.3 Å². The van der Waals surface area contributed by atoms with Crippen molar-refractivity contribution in [3.63, 3.8) is 0 Å². The highest BCUT2D eigenvalue weighted by molar-refractivity contribution is 9.10. The molecule has 0 atom stereocenters. The Labute approximate surface area is 140 Å². The summed E-state index contributed by atoms with van der Waals surface area (Å²) >= 11 is 3.37. The molecule has 4 nitrogen and oxygen atoms in total. The van der Waals surface area contributed by atoms with Gasteiger partial charge in [0.1, 0.15) is 0 Å². The minimum atomic E-state index is 0.0436. The Hall–Kier alpha value is -1.36. The Balaban J connectivity index is 1.93. The first kappa shape index (κ1) is 17.0. The molecular weight excluding hydrogens is 344 g/mol. The molecule has 0 aromatic heterocycles. The summed E-state index contributed by atoms with van der Waals surface area (Å²) in [6.45, 7) is 6.61. The molecule has 0 aliphatic carbocycles. The summed E-state index contributed by atoms with van der Waals surface area (Å²) in [6.07, 6.45) is 1.76. The van der Waals surface area contributed by atoms with Gasteiger partial charge in [0.25, 0.3) is 5.91 Å². The van der Waals surface area contributed by atoms with Crippen LogP contribution in [0.4, 0.5) is 0 Å². The second kappa shape index (κ2) is 7.77. The van der Waals surface area contributed by atoms with Crippen LogP contribution in [0.5, 0.6) is 0 Å². The van der Waals surface area contributed by atoms with Crippen LogP contribution >= 0.6 is 15.9 Å². The van der Waals surface area contributed by atoms with Gasteiger partial charge in [-0.25, -0.2) is 0 Å². The van der Waals surface area contributed by atoms with Crippen LogP contribution < -0.4 is 0 Å². The Morgan fingerprint density at radius 2 is 1.50 bits per heavy atom. The van der Waals surface area contributed by atoms with E-state index in [9.17, 15) is 9.59 Å². The Morgan fingerprint density at radius 3 is 2.00 bits per heavy atom. The molecule has 1 aromatic carbocycles. The second-order valence-corrected chi connectivity index (χ2v) is 6.55. The fourth-order valence-electron chi connectivity index (χ4n) is 2.80. The number of hydrogen-bond donors (Lipinski definition) is 0. The van der Waals surface area contributed by atoms with Gasteiger partial charge in [0.05, 0.1) is 0 Å². The lowest BCUT2D eigenvalue weighted by Gasteiger charge is -2.36. The van der Waals surface area contributed by atoms with Gasteiger partial charge < -0.3 is 9.80 Å². The van der Waals surface area contributed by atoms with Crippen molar-refractivity contribution in [1.82, 2.24) is 9.80 Å². The number of rotatable bonds is 4. The summed E-state index contributed by atoms with van der Waals surface area (Å²) in [5.74, 6) is 0.400. The highest BCUT2D eigenvalue weighted by atomic mass is 79.9. The largest absolute Gasteiger partial charge is 0.339 e. The van der Waals surface area contributed by atoms with E-state index < -0.39 is 0 Å². The van der Waals surface area contributed by atoms with E-state index in [1.807, 2.05) is 34.1 Å². The number of amides is 2. The molecule has 120 valence electrons. The summed E-state index contributed by atoms with van der Waals surface area (Å²) in [6, 6.07) is 7.41. The first-order chi connectivity index (χ1) is 10.6. The van der Waals surface area contributed by atoms with Crippen LogP contribution in [0.25, 0.3) is 0 Å². The standard InChI is InChI=1S/C17H23BrN2O2/c1-3-13(4-2)16(21)19-9-11-20(12-10-19)17(22)14-5-7-15(18)8-6-14/h5-8,13H,3-4,9-12H2,1-2H3. The predicted octanol–water partition coefficient (Wildman–Crippen LogP) is 3.17. The topological polar surface area (TPSA) is 40.6 Å². The molecule has 2 rings (SSSR count). The van der Waals surface area contributed by atoms with Crippen LogP contribution in [0.1, 0.15) is 37.0 Å². The summed E-state index contributed by atoms with van der Waals surface area (Å²) < 4.78 is 0.963.